The number of amides is 3. The number of anilines is 2. The first-order chi connectivity index (χ1) is 12.3. The summed E-state index contributed by atoms with van der Waals surface area (Å²) in [5, 5.41) is 12.9. The summed E-state index contributed by atoms with van der Waals surface area (Å²) in [6, 6.07) is 12.9. The van der Waals surface area contributed by atoms with E-state index in [1.165, 1.54) is 6.07 Å². The Balaban J connectivity index is 1.83. The molecule has 0 radical (unpaired) electrons. The number of aryl methyl sites for hydroxylation is 1. The summed E-state index contributed by atoms with van der Waals surface area (Å²) in [6.07, 6.45) is 0.0286. The Morgan fingerprint density at radius 2 is 1.69 bits per heavy atom. The molecule has 0 saturated heterocycles. The van der Waals surface area contributed by atoms with Crippen molar-refractivity contribution < 1.29 is 18.0 Å². The standard InChI is InChI=1S/C17H20N4O4S/c1-12-7-8-14(11-15(12)26(18,24)25)20-16(22)9-10-19-17(23)21-13-5-3-2-4-6-13/h2-8,11H,9-10H2,1H3,(H,20,22)(H2,18,24,25)(H2,19,21,23). The minimum Gasteiger partial charge on any atom is -0.337 e. The van der Waals surface area contributed by atoms with Crippen molar-refractivity contribution in [3.8, 4) is 0 Å². The molecule has 2 aromatic carbocycles. The lowest BCUT2D eigenvalue weighted by atomic mass is 10.2. The lowest BCUT2D eigenvalue weighted by Gasteiger charge is -2.10. The lowest BCUT2D eigenvalue weighted by Crippen LogP contribution is -2.31. The molecule has 3 amide bonds. The quantitative estimate of drug-likeness (QED) is 0.612. The summed E-state index contributed by atoms with van der Waals surface area (Å²) >= 11 is 0. The van der Waals surface area contributed by atoms with Crippen LogP contribution in [0.3, 0.4) is 0 Å². The third-order valence-corrected chi connectivity index (χ3v) is 4.50. The fourth-order valence-electron chi connectivity index (χ4n) is 2.19. The van der Waals surface area contributed by atoms with E-state index >= 15 is 0 Å². The van der Waals surface area contributed by atoms with Crippen LogP contribution in [0.5, 0.6) is 0 Å². The highest BCUT2D eigenvalue weighted by atomic mass is 32.2. The molecule has 8 nitrogen and oxygen atoms in total. The molecule has 0 bridgehead atoms. The molecule has 0 unspecified atom stereocenters. The van der Waals surface area contributed by atoms with Crippen LogP contribution in [0.4, 0.5) is 16.2 Å². The number of nitrogens with two attached hydrogens (primary N) is 1. The van der Waals surface area contributed by atoms with Crippen molar-refractivity contribution in [1.82, 2.24) is 5.32 Å². The van der Waals surface area contributed by atoms with E-state index in [9.17, 15) is 18.0 Å². The van der Waals surface area contributed by atoms with Gasteiger partial charge >= 0.3 is 6.03 Å². The number of hydrogen-bond acceptors (Lipinski definition) is 4. The maximum Gasteiger partial charge on any atom is 0.319 e. The predicted molar refractivity (Wildman–Crippen MR) is 99.3 cm³/mol. The van der Waals surface area contributed by atoms with Crippen LogP contribution in [0.15, 0.2) is 53.4 Å². The van der Waals surface area contributed by atoms with Gasteiger partial charge in [-0.15, -0.1) is 0 Å². The van der Waals surface area contributed by atoms with Crippen LogP contribution in [-0.4, -0.2) is 26.9 Å². The van der Waals surface area contributed by atoms with E-state index in [-0.39, 0.29) is 23.8 Å². The van der Waals surface area contributed by atoms with Crippen molar-refractivity contribution >= 4 is 33.3 Å². The molecule has 0 fully saturated rings. The molecule has 0 aromatic heterocycles. The Hall–Kier alpha value is -2.91. The summed E-state index contributed by atoms with van der Waals surface area (Å²) in [6.45, 7) is 1.74. The topological polar surface area (TPSA) is 130 Å². The van der Waals surface area contributed by atoms with Gasteiger partial charge in [0, 0.05) is 24.3 Å². The van der Waals surface area contributed by atoms with Crippen molar-refractivity contribution in [1.29, 1.82) is 0 Å². The molecule has 0 aliphatic carbocycles. The Morgan fingerprint density at radius 3 is 2.35 bits per heavy atom. The maximum atomic E-state index is 11.9. The maximum absolute atomic E-state index is 11.9. The van der Waals surface area contributed by atoms with Crippen molar-refractivity contribution in [2.75, 3.05) is 17.2 Å². The zero-order chi connectivity index (χ0) is 19.2. The normalized spacial score (nSPS) is 10.8. The summed E-state index contributed by atoms with van der Waals surface area (Å²) in [5.41, 5.74) is 1.45. The van der Waals surface area contributed by atoms with Gasteiger partial charge in [0.25, 0.3) is 0 Å². The molecule has 26 heavy (non-hydrogen) atoms. The number of primary sulfonamides is 1. The van der Waals surface area contributed by atoms with E-state index in [1.54, 1.807) is 43.3 Å². The third kappa shape index (κ3) is 5.87. The van der Waals surface area contributed by atoms with Crippen LogP contribution in [0.1, 0.15) is 12.0 Å². The molecule has 0 saturated carbocycles. The summed E-state index contributed by atoms with van der Waals surface area (Å²) < 4.78 is 23.0. The van der Waals surface area contributed by atoms with Crippen molar-refractivity contribution in [3.63, 3.8) is 0 Å². The van der Waals surface area contributed by atoms with Gasteiger partial charge in [-0.05, 0) is 36.8 Å². The van der Waals surface area contributed by atoms with Gasteiger partial charge in [0.2, 0.25) is 15.9 Å². The molecule has 2 rings (SSSR count). The fraction of sp³-hybridized carbons (Fsp3) is 0.176. The van der Waals surface area contributed by atoms with Gasteiger partial charge in [0.15, 0.2) is 0 Å². The van der Waals surface area contributed by atoms with Crippen LogP contribution in [0.2, 0.25) is 0 Å². The Bertz CT molecular complexity index is 898. The number of hydrogen-bond donors (Lipinski definition) is 4. The first-order valence-corrected chi connectivity index (χ1v) is 9.33. The second-order valence-electron chi connectivity index (χ2n) is 5.57. The molecular weight excluding hydrogens is 356 g/mol. The molecule has 5 N–H and O–H groups in total. The smallest absolute Gasteiger partial charge is 0.319 e. The van der Waals surface area contributed by atoms with Gasteiger partial charge in [-0.1, -0.05) is 24.3 Å². The molecule has 0 aliphatic rings. The van der Waals surface area contributed by atoms with E-state index in [1.807, 2.05) is 6.07 Å². The number of benzene rings is 2. The number of para-hydroxylation sites is 1. The summed E-state index contributed by atoms with van der Waals surface area (Å²) in [4.78, 5) is 23.6. The Labute approximate surface area is 151 Å². The summed E-state index contributed by atoms with van der Waals surface area (Å²) in [7, 11) is -3.87. The first kappa shape index (κ1) is 19.4. The first-order valence-electron chi connectivity index (χ1n) is 7.79. The van der Waals surface area contributed by atoms with Gasteiger partial charge in [0.1, 0.15) is 0 Å². The van der Waals surface area contributed by atoms with Crippen LogP contribution < -0.4 is 21.1 Å². The SMILES string of the molecule is Cc1ccc(NC(=O)CCNC(=O)Nc2ccccc2)cc1S(N)(=O)=O. The minimum atomic E-state index is -3.87. The molecule has 0 aliphatic heterocycles. The van der Waals surface area contributed by atoms with Crippen LogP contribution in [0, 0.1) is 6.92 Å². The number of rotatable bonds is 6. The van der Waals surface area contributed by atoms with E-state index in [4.69, 9.17) is 5.14 Å². The molecule has 0 atom stereocenters. The van der Waals surface area contributed by atoms with Gasteiger partial charge in [-0.3, -0.25) is 4.79 Å². The predicted octanol–water partition coefficient (Wildman–Crippen LogP) is 1.79. The molecule has 138 valence electrons. The van der Waals surface area contributed by atoms with Gasteiger partial charge in [0.05, 0.1) is 4.90 Å². The highest BCUT2D eigenvalue weighted by Gasteiger charge is 2.13. The molecule has 0 heterocycles. The molecule has 2 aromatic rings. The lowest BCUT2D eigenvalue weighted by molar-refractivity contribution is -0.116. The Morgan fingerprint density at radius 1 is 1.00 bits per heavy atom. The van der Waals surface area contributed by atoms with Gasteiger partial charge in [-0.2, -0.15) is 0 Å². The van der Waals surface area contributed by atoms with E-state index in [2.05, 4.69) is 16.0 Å². The zero-order valence-electron chi connectivity index (χ0n) is 14.2. The largest absolute Gasteiger partial charge is 0.337 e. The fourth-order valence-corrected chi connectivity index (χ4v) is 3.00. The van der Waals surface area contributed by atoms with Crippen molar-refractivity contribution in [3.05, 3.63) is 54.1 Å². The highest BCUT2D eigenvalue weighted by Crippen LogP contribution is 2.19. The van der Waals surface area contributed by atoms with E-state index in [0.29, 0.717) is 16.9 Å². The monoisotopic (exact) mass is 376 g/mol. The molecule has 0 spiro atoms. The van der Waals surface area contributed by atoms with Crippen LogP contribution in [0.25, 0.3) is 0 Å². The number of urea groups is 1. The number of nitrogens with one attached hydrogen (secondary N) is 3. The van der Waals surface area contributed by atoms with Crippen LogP contribution in [-0.2, 0) is 14.8 Å². The van der Waals surface area contributed by atoms with Crippen LogP contribution >= 0.6 is 0 Å². The average molecular weight is 376 g/mol. The second kappa shape index (κ2) is 8.45. The molecular formula is C17H20N4O4S. The zero-order valence-corrected chi connectivity index (χ0v) is 15.0. The number of carbonyl (C=O) groups excluding carboxylic acids is 2. The van der Waals surface area contributed by atoms with E-state index < -0.39 is 16.1 Å². The average Bonchev–Trinajstić information content (AvgIpc) is 2.56. The third-order valence-electron chi connectivity index (χ3n) is 3.45. The van der Waals surface area contributed by atoms with Gasteiger partial charge < -0.3 is 16.0 Å². The summed E-state index contributed by atoms with van der Waals surface area (Å²) in [5.74, 6) is -0.366. The number of carbonyl (C=O) groups is 2. The Kier molecular flexibility index (Phi) is 6.31. The van der Waals surface area contributed by atoms with E-state index in [0.717, 1.165) is 0 Å². The van der Waals surface area contributed by atoms with Crippen molar-refractivity contribution in [2.45, 2.75) is 18.2 Å². The second-order valence-corrected chi connectivity index (χ2v) is 7.10. The highest BCUT2D eigenvalue weighted by molar-refractivity contribution is 7.89. The van der Waals surface area contributed by atoms with Crippen molar-refractivity contribution in [2.24, 2.45) is 5.14 Å². The number of sulfonamides is 1. The molecule has 9 heteroatoms. The minimum absolute atomic E-state index is 0.0286. The van der Waals surface area contributed by atoms with Gasteiger partial charge in [-0.25, -0.2) is 18.4 Å².